The number of carboxylic acid groups (broad SMARTS) is 1. The molecule has 1 heterocycles. The number of rotatable bonds is 9. The predicted molar refractivity (Wildman–Crippen MR) is 133 cm³/mol. The molecule has 0 spiro atoms. The van der Waals surface area contributed by atoms with E-state index >= 15 is 0 Å². The molecule has 1 atom stereocenters. The number of allylic oxidation sites excluding steroid dienone is 2. The Morgan fingerprint density at radius 1 is 0.972 bits per heavy atom. The molecule has 1 aliphatic carbocycles. The van der Waals surface area contributed by atoms with Crippen molar-refractivity contribution in [1.29, 1.82) is 0 Å². The molecule has 3 N–H and O–H groups in total. The molecule has 2 aliphatic rings. The lowest BCUT2D eigenvalue weighted by molar-refractivity contribution is -0.137. The predicted octanol–water partition coefficient (Wildman–Crippen LogP) is 4.92. The topological polar surface area (TPSA) is 81.7 Å². The Morgan fingerprint density at radius 2 is 1.64 bits per heavy atom. The summed E-state index contributed by atoms with van der Waals surface area (Å²) >= 11 is 0. The van der Waals surface area contributed by atoms with Crippen LogP contribution in [0, 0.1) is 17.6 Å². The highest BCUT2D eigenvalue weighted by molar-refractivity contribution is 5.82. The van der Waals surface area contributed by atoms with Crippen LogP contribution in [0.15, 0.2) is 77.8 Å². The second-order valence-electron chi connectivity index (χ2n) is 9.07. The zero-order valence-corrected chi connectivity index (χ0v) is 20.1. The molecule has 2 aromatic rings. The maximum Gasteiger partial charge on any atom is 0.303 e. The Kier molecular flexibility index (Phi) is 7.83. The lowest BCUT2D eigenvalue weighted by Gasteiger charge is -2.32. The van der Waals surface area contributed by atoms with Crippen molar-refractivity contribution < 1.29 is 23.5 Å². The average molecular weight is 494 g/mol. The third kappa shape index (κ3) is 6.19. The fraction of sp³-hybridized carbons (Fsp3) is 0.286. The van der Waals surface area contributed by atoms with Gasteiger partial charge in [-0.15, -0.1) is 0 Å². The summed E-state index contributed by atoms with van der Waals surface area (Å²) in [6.45, 7) is 0.379. The largest absolute Gasteiger partial charge is 0.481 e. The first kappa shape index (κ1) is 25.2. The van der Waals surface area contributed by atoms with Crippen LogP contribution in [0.4, 0.5) is 8.78 Å². The Bertz CT molecular complexity index is 1220. The van der Waals surface area contributed by atoms with Crippen molar-refractivity contribution in [3.8, 4) is 0 Å². The Morgan fingerprint density at radius 3 is 2.31 bits per heavy atom. The smallest absolute Gasteiger partial charge is 0.303 e. The zero-order valence-electron chi connectivity index (χ0n) is 20.1. The summed E-state index contributed by atoms with van der Waals surface area (Å²) in [5.41, 5.74) is 4.96. The van der Waals surface area contributed by atoms with E-state index in [2.05, 4.69) is 10.6 Å². The van der Waals surface area contributed by atoms with Gasteiger partial charge in [0.1, 0.15) is 11.6 Å². The van der Waals surface area contributed by atoms with Crippen LogP contribution in [-0.2, 0) is 16.1 Å². The third-order valence-electron chi connectivity index (χ3n) is 6.31. The first-order valence-corrected chi connectivity index (χ1v) is 12.0. The molecule has 6 nitrogen and oxygen atoms in total. The van der Waals surface area contributed by atoms with Gasteiger partial charge in [0.15, 0.2) is 0 Å². The first-order chi connectivity index (χ1) is 17.3. The summed E-state index contributed by atoms with van der Waals surface area (Å²) in [5, 5.41) is 15.8. The number of carbonyl (C=O) groups excluding carboxylic acids is 1. The van der Waals surface area contributed by atoms with Crippen molar-refractivity contribution in [2.45, 2.75) is 38.6 Å². The molecule has 1 amide bonds. The molecule has 0 radical (unpaired) electrons. The van der Waals surface area contributed by atoms with Crippen LogP contribution in [0.1, 0.15) is 43.2 Å². The van der Waals surface area contributed by atoms with Crippen molar-refractivity contribution in [1.82, 2.24) is 15.5 Å². The molecule has 0 bridgehead atoms. The number of benzene rings is 2. The van der Waals surface area contributed by atoms with Crippen LogP contribution in [0.5, 0.6) is 0 Å². The number of unbranched alkanes of at least 4 members (excludes halogenated alkanes) is 1. The minimum Gasteiger partial charge on any atom is -0.481 e. The maximum atomic E-state index is 13.5. The molecule has 188 valence electrons. The number of nitrogens with zero attached hydrogens (tertiary/aromatic N) is 1. The van der Waals surface area contributed by atoms with E-state index in [-0.39, 0.29) is 29.9 Å². The molecule has 4 rings (SSSR count). The van der Waals surface area contributed by atoms with Crippen LogP contribution in [0.25, 0.3) is 5.70 Å². The van der Waals surface area contributed by atoms with Gasteiger partial charge in [-0.3, -0.25) is 9.59 Å². The second kappa shape index (κ2) is 11.2. The number of hydrogen-bond donors (Lipinski definition) is 3. The summed E-state index contributed by atoms with van der Waals surface area (Å²) < 4.78 is 26.7. The summed E-state index contributed by atoms with van der Waals surface area (Å²) in [5.74, 6) is -1.87. The highest BCUT2D eigenvalue weighted by Crippen LogP contribution is 2.31. The Hall–Kier alpha value is -3.94. The fourth-order valence-electron chi connectivity index (χ4n) is 4.40. The number of amides is 1. The maximum absolute atomic E-state index is 13.5. The van der Waals surface area contributed by atoms with E-state index in [1.807, 2.05) is 12.2 Å². The van der Waals surface area contributed by atoms with Crippen LogP contribution in [-0.4, -0.2) is 28.9 Å². The standard InChI is InChI=1S/C28H29F2N3O3/c1-33(17-18-6-11-21(29)12-7-18)28(36)20-10-15-23-25(16-20)31-24(4-2-3-5-26(34)35)27(32-23)19-8-13-22(30)14-9-19/h6-9,11-16,20,31-32H,2-5,10,17H2,1H3,(H,34,35). The molecule has 0 fully saturated rings. The van der Waals surface area contributed by atoms with Gasteiger partial charge in [0, 0.05) is 25.7 Å². The van der Waals surface area contributed by atoms with Gasteiger partial charge in [-0.1, -0.05) is 18.2 Å². The molecular formula is C28H29F2N3O3. The molecule has 8 heteroatoms. The first-order valence-electron chi connectivity index (χ1n) is 12.0. The SMILES string of the molecule is CN(Cc1ccc(F)cc1)C(=O)C1C=C2NC(CCCCC(=O)O)=C(c3ccc(F)cc3)NC2=CC1. The second-order valence-corrected chi connectivity index (χ2v) is 9.07. The van der Waals surface area contributed by atoms with Crippen molar-refractivity contribution in [3.05, 3.63) is 101 Å². The summed E-state index contributed by atoms with van der Waals surface area (Å²) in [7, 11) is 1.73. The lowest BCUT2D eigenvalue weighted by atomic mass is 9.93. The number of fused-ring (bicyclic) bond motifs is 1. The molecule has 0 saturated carbocycles. The third-order valence-corrected chi connectivity index (χ3v) is 6.31. The number of carboxylic acids is 1. The van der Waals surface area contributed by atoms with Gasteiger partial charge < -0.3 is 20.6 Å². The highest BCUT2D eigenvalue weighted by atomic mass is 19.1. The molecular weight excluding hydrogens is 464 g/mol. The number of carbonyl (C=O) groups is 2. The lowest BCUT2D eigenvalue weighted by Crippen LogP contribution is -2.37. The van der Waals surface area contributed by atoms with E-state index in [0.717, 1.165) is 33.9 Å². The van der Waals surface area contributed by atoms with Gasteiger partial charge in [0.25, 0.3) is 0 Å². The quantitative estimate of drug-likeness (QED) is 0.432. The molecule has 36 heavy (non-hydrogen) atoms. The summed E-state index contributed by atoms with van der Waals surface area (Å²) in [4.78, 5) is 25.7. The minimum atomic E-state index is -0.830. The van der Waals surface area contributed by atoms with E-state index in [1.54, 1.807) is 36.2 Å². The van der Waals surface area contributed by atoms with E-state index in [1.165, 1.54) is 24.3 Å². The van der Waals surface area contributed by atoms with Crippen LogP contribution >= 0.6 is 0 Å². The van der Waals surface area contributed by atoms with Gasteiger partial charge >= 0.3 is 5.97 Å². The summed E-state index contributed by atoms with van der Waals surface area (Å²) in [6.07, 6.45) is 6.29. The van der Waals surface area contributed by atoms with Gasteiger partial charge in [-0.2, -0.15) is 0 Å². The number of halogens is 2. The highest BCUT2D eigenvalue weighted by Gasteiger charge is 2.28. The van der Waals surface area contributed by atoms with E-state index in [0.29, 0.717) is 32.2 Å². The van der Waals surface area contributed by atoms with Crippen LogP contribution < -0.4 is 10.6 Å². The van der Waals surface area contributed by atoms with Crippen LogP contribution in [0.2, 0.25) is 0 Å². The average Bonchev–Trinajstić information content (AvgIpc) is 2.87. The van der Waals surface area contributed by atoms with Crippen molar-refractivity contribution in [2.24, 2.45) is 5.92 Å². The fourth-order valence-corrected chi connectivity index (χ4v) is 4.40. The van der Waals surface area contributed by atoms with Crippen molar-refractivity contribution in [3.63, 3.8) is 0 Å². The van der Waals surface area contributed by atoms with E-state index in [9.17, 15) is 18.4 Å². The zero-order chi connectivity index (χ0) is 25.7. The molecule has 2 aromatic carbocycles. The van der Waals surface area contributed by atoms with E-state index < -0.39 is 5.97 Å². The van der Waals surface area contributed by atoms with Crippen molar-refractivity contribution in [2.75, 3.05) is 7.05 Å². The van der Waals surface area contributed by atoms with Gasteiger partial charge in [0.05, 0.1) is 23.0 Å². The number of hydrogen-bond acceptors (Lipinski definition) is 4. The molecule has 0 saturated heterocycles. The van der Waals surface area contributed by atoms with Crippen molar-refractivity contribution >= 4 is 17.6 Å². The molecule has 1 unspecified atom stereocenters. The Labute approximate surface area is 209 Å². The van der Waals surface area contributed by atoms with Gasteiger partial charge in [0.2, 0.25) is 5.91 Å². The normalized spacial score (nSPS) is 16.8. The summed E-state index contributed by atoms with van der Waals surface area (Å²) in [6, 6.07) is 12.3. The molecule has 0 aromatic heterocycles. The Balaban J connectivity index is 1.51. The molecule has 1 aliphatic heterocycles. The van der Waals surface area contributed by atoms with E-state index in [4.69, 9.17) is 5.11 Å². The van der Waals surface area contributed by atoms with Crippen LogP contribution in [0.3, 0.4) is 0 Å². The minimum absolute atomic E-state index is 0.0414. The monoisotopic (exact) mass is 493 g/mol. The number of nitrogens with one attached hydrogen (secondary N) is 2. The number of aliphatic carboxylic acids is 1. The van der Waals surface area contributed by atoms with Gasteiger partial charge in [-0.05, 0) is 79.3 Å². The van der Waals surface area contributed by atoms with Gasteiger partial charge in [-0.25, -0.2) is 8.78 Å².